The summed E-state index contributed by atoms with van der Waals surface area (Å²) in [6, 6.07) is 9.70. The minimum atomic E-state index is -0.00527. The van der Waals surface area contributed by atoms with E-state index in [9.17, 15) is 0 Å². The first-order valence-corrected chi connectivity index (χ1v) is 6.75. The van der Waals surface area contributed by atoms with Crippen molar-refractivity contribution < 1.29 is 4.74 Å². The lowest BCUT2D eigenvalue weighted by Crippen LogP contribution is -2.14. The Bertz CT molecular complexity index is 662. The molecule has 1 aromatic heterocycles. The summed E-state index contributed by atoms with van der Waals surface area (Å²) >= 11 is 0. The zero-order chi connectivity index (χ0) is 14.1. The number of nitrogen functional groups attached to an aromatic ring is 1. The van der Waals surface area contributed by atoms with Crippen LogP contribution < -0.4 is 10.5 Å². The SMILES string of the molecule is Cc1ccc(Oc2nc3c(cc2C(=N)N)CCC3)cc1. The lowest BCUT2D eigenvalue weighted by atomic mass is 10.1. The highest BCUT2D eigenvalue weighted by molar-refractivity contribution is 5.97. The van der Waals surface area contributed by atoms with Crippen LogP contribution in [0.1, 0.15) is 28.8 Å². The Kier molecular flexibility index (Phi) is 3.14. The van der Waals surface area contributed by atoms with E-state index in [4.69, 9.17) is 15.9 Å². The number of hydrogen-bond acceptors (Lipinski definition) is 3. The van der Waals surface area contributed by atoms with Gasteiger partial charge in [-0.1, -0.05) is 17.7 Å². The second kappa shape index (κ2) is 4.96. The number of rotatable bonds is 3. The summed E-state index contributed by atoms with van der Waals surface area (Å²) in [5, 5.41) is 7.70. The minimum Gasteiger partial charge on any atom is -0.438 e. The topological polar surface area (TPSA) is 72.0 Å². The van der Waals surface area contributed by atoms with Gasteiger partial charge >= 0.3 is 0 Å². The van der Waals surface area contributed by atoms with Gasteiger partial charge in [-0.15, -0.1) is 0 Å². The van der Waals surface area contributed by atoms with E-state index < -0.39 is 0 Å². The van der Waals surface area contributed by atoms with Gasteiger partial charge in [0.25, 0.3) is 0 Å². The Hall–Kier alpha value is -2.36. The summed E-state index contributed by atoms with van der Waals surface area (Å²) in [5.41, 5.74) is 9.65. The number of benzene rings is 1. The maximum Gasteiger partial charge on any atom is 0.230 e. The third-order valence-electron chi connectivity index (χ3n) is 3.54. The van der Waals surface area contributed by atoms with E-state index in [1.165, 1.54) is 11.1 Å². The maximum absolute atomic E-state index is 7.70. The fourth-order valence-electron chi connectivity index (χ4n) is 2.44. The van der Waals surface area contributed by atoms with Gasteiger partial charge in [-0.2, -0.15) is 0 Å². The molecule has 4 nitrogen and oxygen atoms in total. The predicted octanol–water partition coefficient (Wildman–Crippen LogP) is 2.96. The van der Waals surface area contributed by atoms with E-state index >= 15 is 0 Å². The van der Waals surface area contributed by atoms with Crippen molar-refractivity contribution in [2.75, 3.05) is 0 Å². The molecule has 1 aliphatic rings. The Balaban J connectivity index is 1.99. The van der Waals surface area contributed by atoms with Gasteiger partial charge < -0.3 is 10.5 Å². The summed E-state index contributed by atoms with van der Waals surface area (Å²) in [7, 11) is 0. The van der Waals surface area contributed by atoms with Crippen LogP contribution in [0.15, 0.2) is 30.3 Å². The molecule has 1 aromatic carbocycles. The Morgan fingerprint density at radius 1 is 1.25 bits per heavy atom. The lowest BCUT2D eigenvalue weighted by molar-refractivity contribution is 0.459. The van der Waals surface area contributed by atoms with Crippen molar-refractivity contribution in [1.29, 1.82) is 5.41 Å². The minimum absolute atomic E-state index is 0.00527. The number of aromatic nitrogens is 1. The third-order valence-corrected chi connectivity index (χ3v) is 3.54. The molecule has 3 rings (SSSR count). The largest absolute Gasteiger partial charge is 0.438 e. The van der Waals surface area contributed by atoms with Crippen LogP contribution in [0.3, 0.4) is 0 Å². The van der Waals surface area contributed by atoms with Gasteiger partial charge in [0.05, 0.1) is 5.56 Å². The van der Waals surface area contributed by atoms with Crippen molar-refractivity contribution in [2.24, 2.45) is 5.73 Å². The molecule has 2 aromatic rings. The molecule has 0 atom stereocenters. The standard InChI is InChI=1S/C16H17N3O/c1-10-5-7-12(8-6-10)20-16-13(15(17)18)9-11-3-2-4-14(11)19-16/h5-9H,2-4H2,1H3,(H3,17,18). The fourth-order valence-corrected chi connectivity index (χ4v) is 2.44. The maximum atomic E-state index is 7.70. The molecule has 20 heavy (non-hydrogen) atoms. The van der Waals surface area contributed by atoms with Crippen molar-refractivity contribution in [3.8, 4) is 11.6 Å². The van der Waals surface area contributed by atoms with E-state index in [0.29, 0.717) is 17.2 Å². The highest BCUT2D eigenvalue weighted by atomic mass is 16.5. The second-order valence-electron chi connectivity index (χ2n) is 5.13. The number of pyridine rings is 1. The molecule has 1 heterocycles. The van der Waals surface area contributed by atoms with Crippen LogP contribution in [0.25, 0.3) is 0 Å². The van der Waals surface area contributed by atoms with E-state index in [1.54, 1.807) is 0 Å². The van der Waals surface area contributed by atoms with Crippen LogP contribution in [-0.2, 0) is 12.8 Å². The zero-order valence-electron chi connectivity index (χ0n) is 11.4. The summed E-state index contributed by atoms with van der Waals surface area (Å²) in [5.74, 6) is 1.14. The van der Waals surface area contributed by atoms with Crippen LogP contribution in [0.2, 0.25) is 0 Å². The number of amidine groups is 1. The molecule has 1 aliphatic carbocycles. The number of nitrogens with one attached hydrogen (secondary N) is 1. The highest BCUT2D eigenvalue weighted by Crippen LogP contribution is 2.29. The van der Waals surface area contributed by atoms with E-state index in [2.05, 4.69) is 4.98 Å². The molecule has 0 bridgehead atoms. The number of hydrogen-bond donors (Lipinski definition) is 2. The number of nitrogens with two attached hydrogens (primary N) is 1. The van der Waals surface area contributed by atoms with Gasteiger partial charge in [0.1, 0.15) is 11.6 Å². The van der Waals surface area contributed by atoms with Crippen LogP contribution in [0.4, 0.5) is 0 Å². The molecule has 0 unspecified atom stereocenters. The van der Waals surface area contributed by atoms with Gasteiger partial charge in [0.2, 0.25) is 5.88 Å². The molecule has 0 saturated heterocycles. The van der Waals surface area contributed by atoms with Gasteiger partial charge in [-0.25, -0.2) is 4.98 Å². The summed E-state index contributed by atoms with van der Waals surface area (Å²) < 4.78 is 5.82. The van der Waals surface area contributed by atoms with Crippen molar-refractivity contribution in [1.82, 2.24) is 4.98 Å². The predicted molar refractivity (Wildman–Crippen MR) is 78.5 cm³/mol. The highest BCUT2D eigenvalue weighted by Gasteiger charge is 2.19. The summed E-state index contributed by atoms with van der Waals surface area (Å²) in [6.07, 6.45) is 3.08. The zero-order valence-corrected chi connectivity index (χ0v) is 11.4. The summed E-state index contributed by atoms with van der Waals surface area (Å²) in [4.78, 5) is 4.55. The van der Waals surface area contributed by atoms with Crippen LogP contribution in [0, 0.1) is 12.3 Å². The molecule has 4 heteroatoms. The van der Waals surface area contributed by atoms with Gasteiger partial charge in [-0.05, 0) is 49.9 Å². The van der Waals surface area contributed by atoms with Crippen molar-refractivity contribution in [3.63, 3.8) is 0 Å². The molecular weight excluding hydrogens is 250 g/mol. The average Bonchev–Trinajstić information content (AvgIpc) is 2.87. The second-order valence-corrected chi connectivity index (χ2v) is 5.13. The lowest BCUT2D eigenvalue weighted by Gasteiger charge is -2.11. The smallest absolute Gasteiger partial charge is 0.230 e. The van der Waals surface area contributed by atoms with Crippen LogP contribution >= 0.6 is 0 Å². The van der Waals surface area contributed by atoms with E-state index in [1.807, 2.05) is 37.3 Å². The van der Waals surface area contributed by atoms with Gasteiger partial charge in [0.15, 0.2) is 0 Å². The first-order valence-electron chi connectivity index (χ1n) is 6.75. The van der Waals surface area contributed by atoms with Crippen molar-refractivity contribution in [2.45, 2.75) is 26.2 Å². The number of ether oxygens (including phenoxy) is 1. The number of nitrogens with zero attached hydrogens (tertiary/aromatic N) is 1. The third kappa shape index (κ3) is 2.37. The van der Waals surface area contributed by atoms with Crippen molar-refractivity contribution >= 4 is 5.84 Å². The first-order chi connectivity index (χ1) is 9.63. The molecule has 0 fully saturated rings. The van der Waals surface area contributed by atoms with E-state index in [-0.39, 0.29) is 5.84 Å². The quantitative estimate of drug-likeness (QED) is 0.663. The monoisotopic (exact) mass is 267 g/mol. The molecule has 0 amide bonds. The first kappa shape index (κ1) is 12.7. The Morgan fingerprint density at radius 3 is 2.70 bits per heavy atom. The Labute approximate surface area is 118 Å². The Morgan fingerprint density at radius 2 is 2.00 bits per heavy atom. The number of aryl methyl sites for hydroxylation is 3. The molecule has 0 radical (unpaired) electrons. The van der Waals surface area contributed by atoms with Crippen LogP contribution in [0.5, 0.6) is 11.6 Å². The van der Waals surface area contributed by atoms with Crippen LogP contribution in [-0.4, -0.2) is 10.8 Å². The van der Waals surface area contributed by atoms with Crippen molar-refractivity contribution in [3.05, 3.63) is 52.7 Å². The van der Waals surface area contributed by atoms with E-state index in [0.717, 1.165) is 25.0 Å². The average molecular weight is 267 g/mol. The van der Waals surface area contributed by atoms with Gasteiger partial charge in [-0.3, -0.25) is 5.41 Å². The molecule has 3 N–H and O–H groups in total. The number of fused-ring (bicyclic) bond motifs is 1. The van der Waals surface area contributed by atoms with Gasteiger partial charge in [0, 0.05) is 5.69 Å². The molecular formula is C16H17N3O. The normalized spacial score (nSPS) is 13.1. The molecule has 0 aliphatic heterocycles. The molecule has 0 saturated carbocycles. The molecule has 102 valence electrons. The molecule has 0 spiro atoms. The fraction of sp³-hybridized carbons (Fsp3) is 0.250. The summed E-state index contributed by atoms with van der Waals surface area (Å²) in [6.45, 7) is 2.03.